The van der Waals surface area contributed by atoms with E-state index in [1.807, 2.05) is 23.1 Å². The predicted molar refractivity (Wildman–Crippen MR) is 98.9 cm³/mol. The number of amides is 1. The van der Waals surface area contributed by atoms with E-state index in [-0.39, 0.29) is 11.9 Å². The van der Waals surface area contributed by atoms with Gasteiger partial charge in [0, 0.05) is 20.0 Å². The maximum absolute atomic E-state index is 12.8. The Balaban J connectivity index is 1.48. The fourth-order valence-electron chi connectivity index (χ4n) is 3.45. The molecule has 1 aliphatic rings. The number of likely N-dealkylation sites (tertiary alicyclic amines) is 1. The molecule has 0 unspecified atom stereocenters. The van der Waals surface area contributed by atoms with Gasteiger partial charge in [-0.1, -0.05) is 23.9 Å². The lowest BCUT2D eigenvalue weighted by atomic mass is 10.2. The molecule has 1 saturated heterocycles. The highest BCUT2D eigenvalue weighted by Gasteiger charge is 2.33. The first kappa shape index (κ1) is 17.1. The van der Waals surface area contributed by atoms with Crippen LogP contribution in [0.5, 0.6) is 0 Å². The minimum absolute atomic E-state index is 0.0862. The Morgan fingerprint density at radius 1 is 1.35 bits per heavy atom. The van der Waals surface area contributed by atoms with Gasteiger partial charge in [-0.3, -0.25) is 4.79 Å². The molecule has 1 amide bonds. The molecular formula is C18H21N5O2S. The highest BCUT2D eigenvalue weighted by molar-refractivity contribution is 7.99. The third-order valence-electron chi connectivity index (χ3n) is 4.66. The molecule has 0 saturated carbocycles. The summed E-state index contributed by atoms with van der Waals surface area (Å²) in [6.45, 7) is 5.41. The van der Waals surface area contributed by atoms with Gasteiger partial charge in [0.1, 0.15) is 6.04 Å². The summed E-state index contributed by atoms with van der Waals surface area (Å²) in [6.07, 6.45) is 1.82. The van der Waals surface area contributed by atoms with Crippen LogP contribution in [0.25, 0.3) is 11.0 Å². The molecule has 7 nitrogen and oxygen atoms in total. The Bertz CT molecular complexity index is 935. The topological polar surface area (TPSA) is 77.0 Å². The Labute approximate surface area is 155 Å². The molecule has 0 N–H and O–H groups in total. The van der Waals surface area contributed by atoms with Crippen molar-refractivity contribution in [2.45, 2.75) is 44.4 Å². The number of aromatic nitrogens is 4. The van der Waals surface area contributed by atoms with Crippen LogP contribution in [-0.2, 0) is 11.3 Å². The highest BCUT2D eigenvalue weighted by atomic mass is 32.2. The van der Waals surface area contributed by atoms with Gasteiger partial charge in [-0.2, -0.15) is 0 Å². The van der Waals surface area contributed by atoms with Crippen molar-refractivity contribution < 1.29 is 9.21 Å². The van der Waals surface area contributed by atoms with Gasteiger partial charge < -0.3 is 13.9 Å². The molecule has 3 aromatic rings. The van der Waals surface area contributed by atoms with Crippen molar-refractivity contribution >= 4 is 28.7 Å². The molecule has 1 fully saturated rings. The number of imidazole rings is 1. The predicted octanol–water partition coefficient (Wildman–Crippen LogP) is 3.20. The number of carbonyl (C=O) groups excluding carboxylic acids is 1. The number of carbonyl (C=O) groups is 1. The van der Waals surface area contributed by atoms with Gasteiger partial charge in [0.15, 0.2) is 5.16 Å². The zero-order valence-electron chi connectivity index (χ0n) is 14.9. The average molecular weight is 371 g/mol. The number of nitrogens with zero attached hydrogens (tertiary/aromatic N) is 5. The Hall–Kier alpha value is -2.35. The number of rotatable bonds is 5. The van der Waals surface area contributed by atoms with Gasteiger partial charge in [0.25, 0.3) is 0 Å². The number of hydrogen-bond donors (Lipinski definition) is 0. The summed E-state index contributed by atoms with van der Waals surface area (Å²) in [7, 11) is 0. The number of aryl methyl sites for hydroxylation is 2. The lowest BCUT2D eigenvalue weighted by Gasteiger charge is -2.21. The van der Waals surface area contributed by atoms with E-state index in [0.717, 1.165) is 42.1 Å². The van der Waals surface area contributed by atoms with Gasteiger partial charge in [0.05, 0.1) is 16.8 Å². The largest absolute Gasteiger partial charge is 0.423 e. The summed E-state index contributed by atoms with van der Waals surface area (Å²) in [5.41, 5.74) is 2.06. The van der Waals surface area contributed by atoms with Crippen LogP contribution in [0.15, 0.2) is 33.8 Å². The van der Waals surface area contributed by atoms with Gasteiger partial charge in [0.2, 0.25) is 17.7 Å². The summed E-state index contributed by atoms with van der Waals surface area (Å²) in [6, 6.07) is 7.95. The molecule has 0 aliphatic carbocycles. The maximum Gasteiger partial charge on any atom is 0.238 e. The van der Waals surface area contributed by atoms with Crippen molar-refractivity contribution in [2.75, 3.05) is 12.3 Å². The fraction of sp³-hybridized carbons (Fsp3) is 0.444. The summed E-state index contributed by atoms with van der Waals surface area (Å²) in [5, 5.41) is 8.87. The number of para-hydroxylation sites is 2. The SMILES string of the molecule is CCn1c(SCC(=O)N2CCC[C@H]2c2nnc(C)o2)nc2ccccc21. The van der Waals surface area contributed by atoms with E-state index in [9.17, 15) is 4.79 Å². The molecule has 2 aromatic heterocycles. The highest BCUT2D eigenvalue weighted by Crippen LogP contribution is 2.32. The van der Waals surface area contributed by atoms with E-state index < -0.39 is 0 Å². The third kappa shape index (κ3) is 3.09. The van der Waals surface area contributed by atoms with E-state index in [0.29, 0.717) is 17.5 Å². The van der Waals surface area contributed by atoms with Crippen LogP contribution in [0.2, 0.25) is 0 Å². The normalized spacial score (nSPS) is 17.3. The quantitative estimate of drug-likeness (QED) is 0.641. The van der Waals surface area contributed by atoms with E-state index in [1.54, 1.807) is 6.92 Å². The fourth-order valence-corrected chi connectivity index (χ4v) is 4.41. The standard InChI is InChI=1S/C18H21N5O2S/c1-3-22-14-8-5-4-7-13(14)19-18(22)26-11-16(24)23-10-6-9-15(23)17-21-20-12(2)25-17/h4-5,7-8,15H,3,6,9-11H2,1-2H3/t15-/m0/s1. The minimum atomic E-state index is -0.103. The zero-order valence-corrected chi connectivity index (χ0v) is 15.7. The second-order valence-corrected chi connectivity index (χ2v) is 7.26. The van der Waals surface area contributed by atoms with Crippen LogP contribution >= 0.6 is 11.8 Å². The molecule has 0 radical (unpaired) electrons. The second-order valence-electron chi connectivity index (χ2n) is 6.32. The zero-order chi connectivity index (χ0) is 18.1. The Morgan fingerprint density at radius 2 is 2.19 bits per heavy atom. The summed E-state index contributed by atoms with van der Waals surface area (Å²) >= 11 is 1.49. The van der Waals surface area contributed by atoms with Crippen molar-refractivity contribution in [1.82, 2.24) is 24.6 Å². The van der Waals surface area contributed by atoms with Crippen molar-refractivity contribution in [1.29, 1.82) is 0 Å². The second kappa shape index (κ2) is 7.11. The number of benzene rings is 1. The summed E-state index contributed by atoms with van der Waals surface area (Å²) < 4.78 is 7.70. The monoisotopic (exact) mass is 371 g/mol. The van der Waals surface area contributed by atoms with Crippen LogP contribution in [0, 0.1) is 6.92 Å². The van der Waals surface area contributed by atoms with Crippen molar-refractivity contribution in [3.05, 3.63) is 36.0 Å². The van der Waals surface area contributed by atoms with E-state index in [2.05, 4.69) is 32.7 Å². The van der Waals surface area contributed by atoms with Gasteiger partial charge in [-0.25, -0.2) is 4.98 Å². The Kier molecular flexibility index (Phi) is 4.67. The number of fused-ring (bicyclic) bond motifs is 1. The molecule has 1 aromatic carbocycles. The smallest absolute Gasteiger partial charge is 0.238 e. The third-order valence-corrected chi connectivity index (χ3v) is 5.62. The molecule has 1 aliphatic heterocycles. The number of thioether (sulfide) groups is 1. The van der Waals surface area contributed by atoms with Crippen LogP contribution < -0.4 is 0 Å². The number of hydrogen-bond acceptors (Lipinski definition) is 6. The molecule has 26 heavy (non-hydrogen) atoms. The van der Waals surface area contributed by atoms with E-state index >= 15 is 0 Å². The van der Waals surface area contributed by atoms with Gasteiger partial charge >= 0.3 is 0 Å². The molecule has 1 atom stereocenters. The molecule has 0 spiro atoms. The molecule has 0 bridgehead atoms. The van der Waals surface area contributed by atoms with Gasteiger partial charge in [-0.05, 0) is 31.9 Å². The van der Waals surface area contributed by atoms with Crippen molar-refractivity contribution in [3.8, 4) is 0 Å². The minimum Gasteiger partial charge on any atom is -0.423 e. The summed E-state index contributed by atoms with van der Waals surface area (Å²) in [4.78, 5) is 19.3. The first-order valence-electron chi connectivity index (χ1n) is 8.85. The lowest BCUT2D eigenvalue weighted by molar-refractivity contribution is -0.129. The molecule has 3 heterocycles. The van der Waals surface area contributed by atoms with Gasteiger partial charge in [-0.15, -0.1) is 10.2 Å². The molecule has 8 heteroatoms. The molecule has 4 rings (SSSR count). The first-order chi connectivity index (χ1) is 12.7. The van der Waals surface area contributed by atoms with Crippen LogP contribution in [0.1, 0.15) is 37.6 Å². The first-order valence-corrected chi connectivity index (χ1v) is 9.83. The van der Waals surface area contributed by atoms with Crippen LogP contribution in [0.3, 0.4) is 0 Å². The lowest BCUT2D eigenvalue weighted by Crippen LogP contribution is -2.32. The van der Waals surface area contributed by atoms with Crippen LogP contribution in [0.4, 0.5) is 0 Å². The average Bonchev–Trinajstić information content (AvgIpc) is 3.36. The maximum atomic E-state index is 12.8. The van der Waals surface area contributed by atoms with E-state index in [4.69, 9.17) is 4.42 Å². The van der Waals surface area contributed by atoms with Crippen molar-refractivity contribution in [3.63, 3.8) is 0 Å². The molecular weight excluding hydrogens is 350 g/mol. The summed E-state index contributed by atoms with van der Waals surface area (Å²) in [5.74, 6) is 1.51. The van der Waals surface area contributed by atoms with Crippen molar-refractivity contribution in [2.24, 2.45) is 0 Å². The van der Waals surface area contributed by atoms with E-state index in [1.165, 1.54) is 11.8 Å². The molecule has 136 valence electrons. The Morgan fingerprint density at radius 3 is 2.96 bits per heavy atom. The van der Waals surface area contributed by atoms with Crippen LogP contribution in [-0.4, -0.2) is 42.9 Å².